The van der Waals surface area contributed by atoms with Crippen LogP contribution in [-0.4, -0.2) is 31.5 Å². The molecule has 27 heavy (non-hydrogen) atoms. The molecular formula is C20H22NNaO3S2. The maximum Gasteiger partial charge on any atom is 1.00 e. The first kappa shape index (κ1) is 22.5. The van der Waals surface area contributed by atoms with Crippen molar-refractivity contribution in [2.45, 2.75) is 20.3 Å². The number of thioether (sulfide) groups is 1. The monoisotopic (exact) mass is 411 g/mol. The van der Waals surface area contributed by atoms with Crippen molar-refractivity contribution in [2.75, 3.05) is 23.5 Å². The minimum atomic E-state index is -4.14. The third-order valence-electron chi connectivity index (χ3n) is 4.53. The number of hydrogen-bond donors (Lipinski definition) is 0. The summed E-state index contributed by atoms with van der Waals surface area (Å²) in [7, 11) is -2.06. The Morgan fingerprint density at radius 1 is 1.11 bits per heavy atom. The number of benzene rings is 2. The third kappa shape index (κ3) is 5.19. The Morgan fingerprint density at radius 2 is 1.78 bits per heavy atom. The van der Waals surface area contributed by atoms with Crippen molar-refractivity contribution in [1.82, 2.24) is 0 Å². The standard InChI is InChI=1S/C20H23NO3S2.Na/c1-14-9-10-17-19(13-14)21(3)18-8-5-4-7-16(18)20(17)15(2)25-11-6-12-26(22,23)24;/h4-5,7-10,13H,6,11-12H2,1-3H3,(H,22,23,24);/q;+1/p-1/b20-15-;. The maximum atomic E-state index is 10.8. The number of hydrogen-bond acceptors (Lipinski definition) is 5. The van der Waals surface area contributed by atoms with Crippen LogP contribution in [0.25, 0.3) is 5.57 Å². The molecular weight excluding hydrogens is 389 g/mol. The Labute approximate surface area is 188 Å². The van der Waals surface area contributed by atoms with Crippen LogP contribution in [0.15, 0.2) is 47.4 Å². The number of aryl methyl sites for hydroxylation is 1. The van der Waals surface area contributed by atoms with E-state index in [1.54, 1.807) is 11.8 Å². The van der Waals surface area contributed by atoms with E-state index in [4.69, 9.17) is 0 Å². The largest absolute Gasteiger partial charge is 1.00 e. The zero-order chi connectivity index (χ0) is 18.9. The van der Waals surface area contributed by atoms with Crippen molar-refractivity contribution in [3.8, 4) is 0 Å². The Kier molecular flexibility index (Phi) is 7.64. The van der Waals surface area contributed by atoms with Gasteiger partial charge in [-0.1, -0.05) is 30.3 Å². The fraction of sp³-hybridized carbons (Fsp3) is 0.300. The number of allylic oxidation sites excluding steroid dienone is 1. The van der Waals surface area contributed by atoms with Crippen molar-refractivity contribution in [2.24, 2.45) is 0 Å². The molecule has 0 N–H and O–H groups in total. The van der Waals surface area contributed by atoms with Crippen LogP contribution in [-0.2, 0) is 10.1 Å². The van der Waals surface area contributed by atoms with E-state index in [-0.39, 0.29) is 35.3 Å². The summed E-state index contributed by atoms with van der Waals surface area (Å²) in [4.78, 5) is 3.35. The van der Waals surface area contributed by atoms with Gasteiger partial charge in [0.15, 0.2) is 0 Å². The van der Waals surface area contributed by atoms with Crippen LogP contribution in [0, 0.1) is 6.92 Å². The SMILES string of the molecule is C/C(SCCCS(=O)(=O)[O-])=C1\c2ccccc2N(C)c2cc(C)ccc21.[Na+]. The molecule has 0 saturated heterocycles. The second-order valence-corrected chi connectivity index (χ2v) is 9.32. The molecule has 3 rings (SSSR count). The summed E-state index contributed by atoms with van der Waals surface area (Å²) >= 11 is 1.61. The van der Waals surface area contributed by atoms with Crippen molar-refractivity contribution in [1.29, 1.82) is 0 Å². The van der Waals surface area contributed by atoms with Gasteiger partial charge < -0.3 is 9.45 Å². The van der Waals surface area contributed by atoms with Crippen LogP contribution >= 0.6 is 11.8 Å². The molecule has 0 spiro atoms. The molecule has 0 bridgehead atoms. The summed E-state index contributed by atoms with van der Waals surface area (Å²) in [5, 5.41) is 0. The van der Waals surface area contributed by atoms with Crippen LogP contribution in [0.3, 0.4) is 0 Å². The van der Waals surface area contributed by atoms with Gasteiger partial charge in [-0.2, -0.15) is 0 Å². The molecule has 1 aliphatic rings. The second kappa shape index (κ2) is 9.16. The number of nitrogens with zero attached hydrogens (tertiary/aromatic N) is 1. The maximum absolute atomic E-state index is 10.8. The Hall–Kier alpha value is -0.760. The van der Waals surface area contributed by atoms with Crippen molar-refractivity contribution >= 4 is 38.8 Å². The minimum Gasteiger partial charge on any atom is -0.748 e. The Balaban J connectivity index is 0.00000261. The van der Waals surface area contributed by atoms with E-state index < -0.39 is 10.1 Å². The zero-order valence-electron chi connectivity index (χ0n) is 16.2. The molecule has 2 aromatic rings. The fourth-order valence-electron chi connectivity index (χ4n) is 3.30. The van der Waals surface area contributed by atoms with Gasteiger partial charge in [0.1, 0.15) is 0 Å². The van der Waals surface area contributed by atoms with Gasteiger partial charge in [-0.15, -0.1) is 11.8 Å². The molecule has 0 radical (unpaired) electrons. The first-order chi connectivity index (χ1) is 12.3. The van der Waals surface area contributed by atoms with E-state index in [1.165, 1.54) is 28.0 Å². The molecule has 4 nitrogen and oxygen atoms in total. The van der Waals surface area contributed by atoms with Crippen LogP contribution in [0.4, 0.5) is 11.4 Å². The summed E-state index contributed by atoms with van der Waals surface area (Å²) in [6, 6.07) is 14.8. The zero-order valence-corrected chi connectivity index (χ0v) is 19.8. The summed E-state index contributed by atoms with van der Waals surface area (Å²) in [6.07, 6.45) is 0.365. The van der Waals surface area contributed by atoms with E-state index in [0.29, 0.717) is 12.2 Å². The first-order valence-corrected chi connectivity index (χ1v) is 11.1. The first-order valence-electron chi connectivity index (χ1n) is 8.49. The topological polar surface area (TPSA) is 60.4 Å². The number of anilines is 2. The summed E-state index contributed by atoms with van der Waals surface area (Å²) < 4.78 is 32.4. The normalized spacial score (nSPS) is 14.9. The molecule has 0 unspecified atom stereocenters. The molecule has 1 heterocycles. The van der Waals surface area contributed by atoms with E-state index in [9.17, 15) is 13.0 Å². The van der Waals surface area contributed by atoms with E-state index in [2.05, 4.69) is 56.1 Å². The van der Waals surface area contributed by atoms with Gasteiger partial charge in [0.2, 0.25) is 0 Å². The van der Waals surface area contributed by atoms with Gasteiger partial charge in [-0.25, -0.2) is 8.42 Å². The molecule has 138 valence electrons. The Morgan fingerprint density at radius 3 is 2.48 bits per heavy atom. The quantitative estimate of drug-likeness (QED) is 0.424. The van der Waals surface area contributed by atoms with Gasteiger partial charge in [-0.05, 0) is 48.6 Å². The molecule has 7 heteroatoms. The van der Waals surface area contributed by atoms with Crippen molar-refractivity contribution in [3.63, 3.8) is 0 Å². The second-order valence-electron chi connectivity index (χ2n) is 6.49. The van der Waals surface area contributed by atoms with Gasteiger partial charge in [-0.3, -0.25) is 0 Å². The van der Waals surface area contributed by atoms with E-state index in [0.717, 1.165) is 10.6 Å². The van der Waals surface area contributed by atoms with Crippen LogP contribution in [0.1, 0.15) is 30.0 Å². The average Bonchev–Trinajstić information content (AvgIpc) is 2.59. The smallest absolute Gasteiger partial charge is 0.748 e. The van der Waals surface area contributed by atoms with Crippen molar-refractivity contribution < 1.29 is 42.5 Å². The molecule has 0 aromatic heterocycles. The minimum absolute atomic E-state index is 0. The molecule has 0 saturated carbocycles. The summed E-state index contributed by atoms with van der Waals surface area (Å²) in [5.41, 5.74) is 7.07. The third-order valence-corrected chi connectivity index (χ3v) is 6.45. The number of para-hydroxylation sites is 1. The Bertz CT molecular complexity index is 971. The molecule has 0 fully saturated rings. The molecule has 1 aliphatic heterocycles. The van der Waals surface area contributed by atoms with Crippen molar-refractivity contribution in [3.05, 3.63) is 64.1 Å². The fourth-order valence-corrected chi connectivity index (χ4v) is 4.94. The predicted octanol–water partition coefficient (Wildman–Crippen LogP) is 1.53. The summed E-state index contributed by atoms with van der Waals surface area (Å²) in [5.74, 6) is 0.299. The van der Waals surface area contributed by atoms with E-state index >= 15 is 0 Å². The molecule has 0 atom stereocenters. The number of fused-ring (bicyclic) bond motifs is 2. The van der Waals surface area contributed by atoms with Gasteiger partial charge in [0.25, 0.3) is 0 Å². The summed E-state index contributed by atoms with van der Waals surface area (Å²) in [6.45, 7) is 4.15. The number of rotatable bonds is 5. The van der Waals surface area contributed by atoms with Gasteiger partial charge in [0.05, 0.1) is 10.1 Å². The van der Waals surface area contributed by atoms with Gasteiger partial charge in [0, 0.05) is 40.9 Å². The molecule has 0 aliphatic carbocycles. The van der Waals surface area contributed by atoms with Crippen LogP contribution in [0.2, 0.25) is 0 Å². The predicted molar refractivity (Wildman–Crippen MR) is 109 cm³/mol. The van der Waals surface area contributed by atoms with Gasteiger partial charge >= 0.3 is 29.6 Å². The molecule has 0 amide bonds. The molecule has 2 aromatic carbocycles. The average molecular weight is 412 g/mol. The van der Waals surface area contributed by atoms with Crippen LogP contribution in [0.5, 0.6) is 0 Å². The van der Waals surface area contributed by atoms with E-state index in [1.807, 2.05) is 12.1 Å². The van der Waals surface area contributed by atoms with Crippen LogP contribution < -0.4 is 34.5 Å².